The summed E-state index contributed by atoms with van der Waals surface area (Å²) in [5.74, 6) is -0.311. The molecule has 22 heavy (non-hydrogen) atoms. The molecule has 2 atom stereocenters. The number of carbonyl (C=O) groups is 1. The summed E-state index contributed by atoms with van der Waals surface area (Å²) < 4.78 is 24.8. The largest absolute Gasteiger partial charge is 0.752 e. The fourth-order valence-electron chi connectivity index (χ4n) is 3.19. The van der Waals surface area contributed by atoms with E-state index < -0.39 is 9.05 Å². The Morgan fingerprint density at radius 2 is 1.73 bits per heavy atom. The van der Waals surface area contributed by atoms with Crippen LogP contribution in [-0.4, -0.2) is 64.5 Å². The standard InChI is InChI=1S/C15H30NO5Si/c1-5-13-11-16(8-4)9-10-18-22(19-13,21-15(17)7-3)20-14(6-2)12-16/h13-14H,5-12H2,1-4H3/q+1. The van der Waals surface area contributed by atoms with Gasteiger partial charge < -0.3 is 22.2 Å². The molecule has 6 nitrogen and oxygen atoms in total. The van der Waals surface area contributed by atoms with E-state index in [0.717, 1.165) is 43.5 Å². The van der Waals surface area contributed by atoms with Gasteiger partial charge in [-0.25, -0.2) is 0 Å². The quantitative estimate of drug-likeness (QED) is 0.568. The van der Waals surface area contributed by atoms with Crippen LogP contribution in [0.5, 0.6) is 0 Å². The van der Waals surface area contributed by atoms with Crippen molar-refractivity contribution in [1.29, 1.82) is 0 Å². The number of likely N-dealkylation sites (N-methyl/N-ethyl adjacent to an activating group) is 1. The first-order valence-corrected chi connectivity index (χ1v) is 10.2. The van der Waals surface area contributed by atoms with Crippen molar-refractivity contribution in [3.05, 3.63) is 0 Å². The summed E-state index contributed by atoms with van der Waals surface area (Å²) in [6.45, 7) is 12.5. The van der Waals surface area contributed by atoms with Crippen LogP contribution in [0.15, 0.2) is 0 Å². The molecule has 0 aromatic carbocycles. The number of hydrogen-bond donors (Lipinski definition) is 0. The van der Waals surface area contributed by atoms with E-state index in [1.807, 2.05) is 0 Å². The van der Waals surface area contributed by atoms with Gasteiger partial charge in [-0.05, 0) is 19.8 Å². The zero-order chi connectivity index (χ0) is 16.2. The van der Waals surface area contributed by atoms with Crippen molar-refractivity contribution in [2.45, 2.75) is 59.2 Å². The Hall–Kier alpha value is -0.473. The summed E-state index contributed by atoms with van der Waals surface area (Å²) in [4.78, 5) is 11.8. The molecule has 3 saturated heterocycles. The van der Waals surface area contributed by atoms with Gasteiger partial charge in [0.25, 0.3) is 5.97 Å². The minimum Gasteiger partial charge on any atom is -0.452 e. The predicted octanol–water partition coefficient (Wildman–Crippen LogP) is 1.85. The van der Waals surface area contributed by atoms with E-state index in [1.54, 1.807) is 6.92 Å². The maximum atomic E-state index is 11.8. The lowest BCUT2D eigenvalue weighted by Crippen LogP contribution is -2.68. The average Bonchev–Trinajstić information content (AvgIpc) is 2.48. The lowest BCUT2D eigenvalue weighted by atomic mass is 10.1. The molecule has 3 rings (SSSR count). The van der Waals surface area contributed by atoms with Crippen LogP contribution in [0, 0.1) is 0 Å². The summed E-state index contributed by atoms with van der Waals surface area (Å²) >= 11 is 0. The molecule has 0 aromatic heterocycles. The van der Waals surface area contributed by atoms with E-state index in [-0.39, 0.29) is 18.2 Å². The Labute approximate surface area is 134 Å². The second-order valence-corrected chi connectivity index (χ2v) is 8.18. The van der Waals surface area contributed by atoms with Gasteiger partial charge in [0.1, 0.15) is 31.8 Å². The molecule has 3 heterocycles. The molecule has 0 aliphatic carbocycles. The van der Waals surface area contributed by atoms with Crippen molar-refractivity contribution in [1.82, 2.24) is 0 Å². The second-order valence-electron chi connectivity index (χ2n) is 6.22. The van der Waals surface area contributed by atoms with Crippen LogP contribution >= 0.6 is 0 Å². The molecule has 3 fully saturated rings. The number of quaternary nitrogens is 1. The molecule has 3 aliphatic rings. The summed E-state index contributed by atoms with van der Waals surface area (Å²) in [6.07, 6.45) is 2.04. The van der Waals surface area contributed by atoms with Gasteiger partial charge in [-0.2, -0.15) is 0 Å². The van der Waals surface area contributed by atoms with E-state index in [2.05, 4.69) is 20.8 Å². The molecule has 0 saturated carbocycles. The summed E-state index contributed by atoms with van der Waals surface area (Å²) in [6, 6.07) is 0. The van der Waals surface area contributed by atoms with Gasteiger partial charge in [-0.15, -0.1) is 0 Å². The van der Waals surface area contributed by atoms with Gasteiger partial charge in [0.2, 0.25) is 0 Å². The topological polar surface area (TPSA) is 54.0 Å². The van der Waals surface area contributed by atoms with Gasteiger partial charge in [0, 0.05) is 6.42 Å². The van der Waals surface area contributed by atoms with Crippen LogP contribution < -0.4 is 0 Å². The first kappa shape index (κ1) is 17.9. The maximum absolute atomic E-state index is 11.8. The number of carbonyl (C=O) groups excluding carboxylic acids is 1. The summed E-state index contributed by atoms with van der Waals surface area (Å²) in [7, 11) is -3.38. The van der Waals surface area contributed by atoms with Crippen LogP contribution in [0.2, 0.25) is 0 Å². The van der Waals surface area contributed by atoms with Gasteiger partial charge in [0.05, 0.1) is 13.2 Å². The lowest BCUT2D eigenvalue weighted by molar-refractivity contribution is -0.934. The van der Waals surface area contributed by atoms with Crippen LogP contribution in [-0.2, 0) is 22.5 Å². The van der Waals surface area contributed by atoms with Crippen LogP contribution in [0.1, 0.15) is 47.0 Å². The monoisotopic (exact) mass is 332 g/mol. The molecule has 0 N–H and O–H groups in total. The van der Waals surface area contributed by atoms with Crippen LogP contribution in [0.25, 0.3) is 0 Å². The minimum atomic E-state index is -3.38. The predicted molar refractivity (Wildman–Crippen MR) is 83.8 cm³/mol. The van der Waals surface area contributed by atoms with Crippen molar-refractivity contribution in [3.63, 3.8) is 0 Å². The highest BCUT2D eigenvalue weighted by molar-refractivity contribution is 6.55. The minimum absolute atomic E-state index is 0.00868. The number of fused-ring (bicyclic) bond motifs is 6. The van der Waals surface area contributed by atoms with E-state index in [1.165, 1.54) is 0 Å². The van der Waals surface area contributed by atoms with E-state index >= 15 is 0 Å². The normalized spacial score (nSPS) is 38.9. The third-order valence-corrected chi connectivity index (χ3v) is 7.04. The fraction of sp³-hybridized carbons (Fsp3) is 0.933. The molecule has 128 valence electrons. The lowest BCUT2D eigenvalue weighted by Gasteiger charge is -2.48. The molecule has 2 bridgehead atoms. The first-order valence-electron chi connectivity index (χ1n) is 8.56. The van der Waals surface area contributed by atoms with E-state index in [9.17, 15) is 4.79 Å². The maximum Gasteiger partial charge on any atom is 0.752 e. The third kappa shape index (κ3) is 3.89. The van der Waals surface area contributed by atoms with Crippen molar-refractivity contribution >= 4 is 15.0 Å². The van der Waals surface area contributed by atoms with Crippen molar-refractivity contribution in [3.8, 4) is 0 Å². The van der Waals surface area contributed by atoms with Gasteiger partial charge in [-0.1, -0.05) is 20.8 Å². The smallest absolute Gasteiger partial charge is 0.452 e. The molecule has 7 heteroatoms. The number of hydrogen-bond acceptors (Lipinski definition) is 5. The molecular weight excluding hydrogens is 302 g/mol. The Kier molecular flexibility index (Phi) is 6.01. The number of rotatable bonds is 5. The fourth-order valence-corrected chi connectivity index (χ4v) is 5.60. The highest BCUT2D eigenvalue weighted by atomic mass is 28.4. The molecule has 0 spiro atoms. The van der Waals surface area contributed by atoms with Gasteiger partial charge in [-0.3, -0.25) is 4.79 Å². The highest BCUT2D eigenvalue weighted by Crippen LogP contribution is 2.29. The SMILES string of the molecule is CCC(=O)O[Si]12OCC[N+](CC)(CC(CC)O1)CC(CC)O2. The van der Waals surface area contributed by atoms with E-state index in [0.29, 0.717) is 13.0 Å². The van der Waals surface area contributed by atoms with Crippen molar-refractivity contribution in [2.24, 2.45) is 0 Å². The molecule has 0 radical (unpaired) electrons. The van der Waals surface area contributed by atoms with Crippen molar-refractivity contribution in [2.75, 3.05) is 32.8 Å². The molecule has 2 unspecified atom stereocenters. The average molecular weight is 332 g/mol. The summed E-state index contributed by atoms with van der Waals surface area (Å²) in [5, 5.41) is 0. The molecule has 0 aromatic rings. The third-order valence-electron chi connectivity index (χ3n) is 4.76. The van der Waals surface area contributed by atoms with E-state index in [4.69, 9.17) is 17.7 Å². The Morgan fingerprint density at radius 3 is 2.18 bits per heavy atom. The van der Waals surface area contributed by atoms with Gasteiger partial charge >= 0.3 is 9.05 Å². The second kappa shape index (κ2) is 7.40. The molecule has 0 amide bonds. The number of nitrogens with zero attached hydrogens (tertiary/aromatic N) is 1. The highest BCUT2D eigenvalue weighted by Gasteiger charge is 2.58. The molecular formula is C15H30NO5Si+. The molecule has 3 aliphatic heterocycles. The van der Waals surface area contributed by atoms with Gasteiger partial charge in [0.15, 0.2) is 0 Å². The zero-order valence-corrected chi connectivity index (χ0v) is 15.3. The summed E-state index contributed by atoms with van der Waals surface area (Å²) in [5.41, 5.74) is 0. The Morgan fingerprint density at radius 1 is 1.14 bits per heavy atom. The van der Waals surface area contributed by atoms with Crippen LogP contribution in [0.4, 0.5) is 0 Å². The first-order chi connectivity index (χ1) is 10.5. The van der Waals surface area contributed by atoms with Crippen LogP contribution in [0.3, 0.4) is 0 Å². The van der Waals surface area contributed by atoms with Crippen molar-refractivity contribution < 1.29 is 27.0 Å². The zero-order valence-electron chi connectivity index (χ0n) is 14.3. The Bertz CT molecular complexity index is 376. The Balaban J connectivity index is 2.31.